The van der Waals surface area contributed by atoms with Crippen molar-refractivity contribution >= 4 is 21.8 Å². The quantitative estimate of drug-likeness (QED) is 0.915. The van der Waals surface area contributed by atoms with Gasteiger partial charge in [0, 0.05) is 4.47 Å². The van der Waals surface area contributed by atoms with Crippen molar-refractivity contribution in [3.05, 3.63) is 58.0 Å². The first-order chi connectivity index (χ1) is 9.10. The van der Waals surface area contributed by atoms with Gasteiger partial charge >= 0.3 is 0 Å². The first kappa shape index (κ1) is 13.9. The van der Waals surface area contributed by atoms with Gasteiger partial charge in [0.2, 0.25) is 0 Å². The zero-order valence-corrected chi connectivity index (χ0v) is 12.5. The molecule has 0 fully saturated rings. The number of furan rings is 1. The van der Waals surface area contributed by atoms with Gasteiger partial charge in [0.1, 0.15) is 5.76 Å². The van der Waals surface area contributed by atoms with E-state index in [9.17, 15) is 4.79 Å². The molecule has 1 heterocycles. The Kier molecular flexibility index (Phi) is 4.43. The highest BCUT2D eigenvalue weighted by molar-refractivity contribution is 9.10. The van der Waals surface area contributed by atoms with Gasteiger partial charge in [-0.3, -0.25) is 4.79 Å². The SMILES string of the molecule is CCC(NC(=O)c1ccc(C)o1)c1ccc(Br)cc1. The van der Waals surface area contributed by atoms with E-state index in [1.54, 1.807) is 12.1 Å². The van der Waals surface area contributed by atoms with Gasteiger partial charge in [-0.25, -0.2) is 0 Å². The van der Waals surface area contributed by atoms with Crippen LogP contribution in [0.3, 0.4) is 0 Å². The van der Waals surface area contributed by atoms with Crippen LogP contribution in [0.1, 0.15) is 41.3 Å². The molecule has 1 amide bonds. The molecule has 1 aromatic heterocycles. The summed E-state index contributed by atoms with van der Waals surface area (Å²) in [5, 5.41) is 2.98. The van der Waals surface area contributed by atoms with Crippen LogP contribution in [-0.2, 0) is 0 Å². The van der Waals surface area contributed by atoms with E-state index in [-0.39, 0.29) is 11.9 Å². The zero-order chi connectivity index (χ0) is 13.8. The fourth-order valence-electron chi connectivity index (χ4n) is 1.90. The van der Waals surface area contributed by atoms with Crippen LogP contribution in [-0.4, -0.2) is 5.91 Å². The van der Waals surface area contributed by atoms with Crippen molar-refractivity contribution < 1.29 is 9.21 Å². The summed E-state index contributed by atoms with van der Waals surface area (Å²) in [6.45, 7) is 3.86. The maximum Gasteiger partial charge on any atom is 0.287 e. The molecule has 1 N–H and O–H groups in total. The summed E-state index contributed by atoms with van der Waals surface area (Å²) in [5.74, 6) is 0.915. The maximum absolute atomic E-state index is 12.1. The number of nitrogens with one attached hydrogen (secondary N) is 1. The molecule has 4 heteroatoms. The van der Waals surface area contributed by atoms with Crippen molar-refractivity contribution in [2.24, 2.45) is 0 Å². The molecule has 19 heavy (non-hydrogen) atoms. The van der Waals surface area contributed by atoms with E-state index in [0.29, 0.717) is 5.76 Å². The Labute approximate surface area is 121 Å². The number of carbonyl (C=O) groups is 1. The lowest BCUT2D eigenvalue weighted by molar-refractivity contribution is 0.0906. The third-order valence-corrected chi connectivity index (χ3v) is 3.48. The summed E-state index contributed by atoms with van der Waals surface area (Å²) >= 11 is 3.40. The van der Waals surface area contributed by atoms with E-state index in [0.717, 1.165) is 22.2 Å². The third-order valence-electron chi connectivity index (χ3n) is 2.95. The second-order valence-electron chi connectivity index (χ2n) is 4.40. The van der Waals surface area contributed by atoms with E-state index >= 15 is 0 Å². The van der Waals surface area contributed by atoms with Gasteiger partial charge in [-0.05, 0) is 43.2 Å². The highest BCUT2D eigenvalue weighted by Crippen LogP contribution is 2.20. The topological polar surface area (TPSA) is 42.2 Å². The van der Waals surface area contributed by atoms with E-state index in [1.165, 1.54) is 0 Å². The fourth-order valence-corrected chi connectivity index (χ4v) is 2.17. The fraction of sp³-hybridized carbons (Fsp3) is 0.267. The molecule has 0 aliphatic heterocycles. The Bertz CT molecular complexity index is 560. The summed E-state index contributed by atoms with van der Waals surface area (Å²) in [5.41, 5.74) is 1.09. The Morgan fingerprint density at radius 3 is 2.47 bits per heavy atom. The summed E-state index contributed by atoms with van der Waals surface area (Å²) in [4.78, 5) is 12.1. The Balaban J connectivity index is 2.11. The number of hydrogen-bond donors (Lipinski definition) is 1. The van der Waals surface area contributed by atoms with Gasteiger partial charge < -0.3 is 9.73 Å². The van der Waals surface area contributed by atoms with Crippen LogP contribution in [0, 0.1) is 6.92 Å². The smallest absolute Gasteiger partial charge is 0.287 e. The number of hydrogen-bond acceptors (Lipinski definition) is 2. The van der Waals surface area contributed by atoms with Crippen LogP contribution in [0.15, 0.2) is 45.3 Å². The number of benzene rings is 1. The maximum atomic E-state index is 12.1. The first-order valence-corrected chi connectivity index (χ1v) is 7.02. The van der Waals surface area contributed by atoms with E-state index in [1.807, 2.05) is 38.1 Å². The standard InChI is InChI=1S/C15H16BrNO2/c1-3-13(11-5-7-12(16)8-6-11)17-15(18)14-9-4-10(2)19-14/h4-9,13H,3H2,1-2H3,(H,17,18). The average Bonchev–Trinajstić information content (AvgIpc) is 2.84. The summed E-state index contributed by atoms with van der Waals surface area (Å²) < 4.78 is 6.35. The van der Waals surface area contributed by atoms with Gasteiger partial charge in [-0.1, -0.05) is 35.0 Å². The predicted octanol–water partition coefficient (Wildman–Crippen LogP) is 4.23. The average molecular weight is 322 g/mol. The monoisotopic (exact) mass is 321 g/mol. The van der Waals surface area contributed by atoms with Crippen molar-refractivity contribution in [2.45, 2.75) is 26.3 Å². The Morgan fingerprint density at radius 2 is 1.95 bits per heavy atom. The minimum atomic E-state index is -0.178. The number of rotatable bonds is 4. The van der Waals surface area contributed by atoms with E-state index in [4.69, 9.17) is 4.42 Å². The molecule has 0 saturated carbocycles. The van der Waals surface area contributed by atoms with E-state index in [2.05, 4.69) is 21.2 Å². The molecule has 1 atom stereocenters. The van der Waals surface area contributed by atoms with Gasteiger partial charge in [0.15, 0.2) is 5.76 Å². The molecule has 0 aliphatic rings. The van der Waals surface area contributed by atoms with Crippen molar-refractivity contribution in [2.75, 3.05) is 0 Å². The van der Waals surface area contributed by atoms with Gasteiger partial charge in [0.05, 0.1) is 6.04 Å². The third kappa shape index (κ3) is 3.47. The molecular weight excluding hydrogens is 306 g/mol. The molecular formula is C15H16BrNO2. The van der Waals surface area contributed by atoms with Crippen molar-refractivity contribution in [1.29, 1.82) is 0 Å². The number of halogens is 1. The predicted molar refractivity (Wildman–Crippen MR) is 78.1 cm³/mol. The Hall–Kier alpha value is -1.55. The molecule has 1 unspecified atom stereocenters. The molecule has 0 saturated heterocycles. The number of amides is 1. The molecule has 2 aromatic rings. The molecule has 0 bridgehead atoms. The molecule has 0 radical (unpaired) electrons. The highest BCUT2D eigenvalue weighted by atomic mass is 79.9. The van der Waals surface area contributed by atoms with Crippen LogP contribution >= 0.6 is 15.9 Å². The molecule has 0 spiro atoms. The van der Waals surface area contributed by atoms with Crippen molar-refractivity contribution in [3.8, 4) is 0 Å². The highest BCUT2D eigenvalue weighted by Gasteiger charge is 2.16. The normalized spacial score (nSPS) is 12.2. The summed E-state index contributed by atoms with van der Waals surface area (Å²) in [6, 6.07) is 11.4. The van der Waals surface area contributed by atoms with Crippen LogP contribution in [0.4, 0.5) is 0 Å². The lowest BCUT2D eigenvalue weighted by atomic mass is 10.0. The van der Waals surface area contributed by atoms with Gasteiger partial charge in [-0.15, -0.1) is 0 Å². The molecule has 2 rings (SSSR count). The Morgan fingerprint density at radius 1 is 1.26 bits per heavy atom. The summed E-state index contributed by atoms with van der Waals surface area (Å²) in [6.07, 6.45) is 0.826. The van der Waals surface area contributed by atoms with Gasteiger partial charge in [0.25, 0.3) is 5.91 Å². The minimum absolute atomic E-state index is 0.00833. The zero-order valence-electron chi connectivity index (χ0n) is 10.9. The second-order valence-corrected chi connectivity index (χ2v) is 5.31. The van der Waals surface area contributed by atoms with Crippen LogP contribution in [0.25, 0.3) is 0 Å². The van der Waals surface area contributed by atoms with Crippen LogP contribution in [0.2, 0.25) is 0 Å². The number of aryl methyl sites for hydroxylation is 1. The molecule has 100 valence electrons. The van der Waals surface area contributed by atoms with Gasteiger partial charge in [-0.2, -0.15) is 0 Å². The molecule has 3 nitrogen and oxygen atoms in total. The first-order valence-electron chi connectivity index (χ1n) is 6.23. The second kappa shape index (κ2) is 6.06. The van der Waals surface area contributed by atoms with E-state index < -0.39 is 0 Å². The largest absolute Gasteiger partial charge is 0.456 e. The number of carbonyl (C=O) groups excluding carboxylic acids is 1. The lowest BCUT2D eigenvalue weighted by Gasteiger charge is -2.16. The lowest BCUT2D eigenvalue weighted by Crippen LogP contribution is -2.27. The minimum Gasteiger partial charge on any atom is -0.456 e. The summed E-state index contributed by atoms with van der Waals surface area (Å²) in [7, 11) is 0. The van der Waals surface area contributed by atoms with Crippen LogP contribution < -0.4 is 5.32 Å². The van der Waals surface area contributed by atoms with Crippen molar-refractivity contribution in [1.82, 2.24) is 5.32 Å². The van der Waals surface area contributed by atoms with Crippen molar-refractivity contribution in [3.63, 3.8) is 0 Å². The molecule has 1 aromatic carbocycles. The van der Waals surface area contributed by atoms with Crippen LogP contribution in [0.5, 0.6) is 0 Å². The molecule has 0 aliphatic carbocycles.